The van der Waals surface area contributed by atoms with Crippen molar-refractivity contribution < 1.29 is 0 Å². The molecular weight excluding hydrogens is 260 g/mol. The summed E-state index contributed by atoms with van der Waals surface area (Å²) >= 11 is 0. The molecule has 112 valence electrons. The maximum Gasteiger partial charge on any atom is 0.111 e. The molecule has 0 fully saturated rings. The molecule has 0 aromatic carbocycles. The first-order chi connectivity index (χ1) is 10.1. The minimum Gasteiger partial charge on any atom is -0.335 e. The van der Waals surface area contributed by atoms with Gasteiger partial charge < -0.3 is 4.57 Å². The van der Waals surface area contributed by atoms with Crippen molar-refractivity contribution in [2.75, 3.05) is 6.54 Å². The van der Waals surface area contributed by atoms with Crippen LogP contribution < -0.4 is 0 Å². The van der Waals surface area contributed by atoms with E-state index >= 15 is 0 Å². The normalized spacial score (nSPS) is 17.0. The summed E-state index contributed by atoms with van der Waals surface area (Å²) < 4.78 is 2.30. The summed E-state index contributed by atoms with van der Waals surface area (Å²) in [4.78, 5) is 11.6. The minimum atomic E-state index is 0.386. The fourth-order valence-electron chi connectivity index (χ4n) is 3.25. The minimum absolute atomic E-state index is 0.386. The molecule has 1 aliphatic heterocycles. The van der Waals surface area contributed by atoms with Gasteiger partial charge in [0.25, 0.3) is 0 Å². The van der Waals surface area contributed by atoms with Gasteiger partial charge in [-0.3, -0.25) is 9.88 Å². The monoisotopic (exact) mass is 284 g/mol. The summed E-state index contributed by atoms with van der Waals surface area (Å²) in [5, 5.41) is 0. The number of fused-ring (bicyclic) bond motifs is 1. The Balaban J connectivity index is 1.83. The largest absolute Gasteiger partial charge is 0.335 e. The molecule has 1 unspecified atom stereocenters. The van der Waals surface area contributed by atoms with Gasteiger partial charge in [-0.2, -0.15) is 0 Å². The summed E-state index contributed by atoms with van der Waals surface area (Å²) in [5.41, 5.74) is 3.94. The summed E-state index contributed by atoms with van der Waals surface area (Å²) in [6.45, 7) is 8.70. The van der Waals surface area contributed by atoms with E-state index in [1.807, 2.05) is 18.5 Å². The third kappa shape index (κ3) is 2.60. The highest BCUT2D eigenvalue weighted by Crippen LogP contribution is 2.28. The van der Waals surface area contributed by atoms with Gasteiger partial charge in [0.2, 0.25) is 0 Å². The Morgan fingerprint density at radius 3 is 2.71 bits per heavy atom. The molecule has 0 N–H and O–H groups in total. The Morgan fingerprint density at radius 1 is 1.24 bits per heavy atom. The summed E-state index contributed by atoms with van der Waals surface area (Å²) in [6, 6.07) is 4.56. The van der Waals surface area contributed by atoms with Gasteiger partial charge in [-0.15, -0.1) is 0 Å². The number of imidazole rings is 1. The van der Waals surface area contributed by atoms with Crippen LogP contribution in [0.1, 0.15) is 55.5 Å². The Kier molecular flexibility index (Phi) is 3.81. The molecule has 0 spiro atoms. The van der Waals surface area contributed by atoms with E-state index in [4.69, 9.17) is 4.98 Å². The number of hydrogen-bond donors (Lipinski definition) is 0. The second-order valence-electron chi connectivity index (χ2n) is 6.26. The van der Waals surface area contributed by atoms with E-state index in [1.54, 1.807) is 0 Å². The Morgan fingerprint density at radius 2 is 2.05 bits per heavy atom. The third-order valence-corrected chi connectivity index (χ3v) is 4.55. The molecule has 3 rings (SSSR count). The average molecular weight is 284 g/mol. The molecule has 4 nitrogen and oxygen atoms in total. The molecule has 0 saturated heterocycles. The Hall–Kier alpha value is -1.68. The highest BCUT2D eigenvalue weighted by atomic mass is 15.2. The van der Waals surface area contributed by atoms with E-state index < -0.39 is 0 Å². The SMILES string of the molecule is CC(C)c1nc2c(n1C)CCN(C(C)c1cccnc1)C2. The number of hydrogen-bond acceptors (Lipinski definition) is 3. The van der Waals surface area contributed by atoms with E-state index in [-0.39, 0.29) is 0 Å². The fourth-order valence-corrected chi connectivity index (χ4v) is 3.25. The van der Waals surface area contributed by atoms with Gasteiger partial charge in [0.15, 0.2) is 0 Å². The molecule has 2 aromatic rings. The second kappa shape index (κ2) is 5.60. The van der Waals surface area contributed by atoms with Crippen molar-refractivity contribution in [1.29, 1.82) is 0 Å². The van der Waals surface area contributed by atoms with E-state index in [0.717, 1.165) is 19.5 Å². The van der Waals surface area contributed by atoms with E-state index in [0.29, 0.717) is 12.0 Å². The van der Waals surface area contributed by atoms with Crippen LogP contribution in [-0.4, -0.2) is 26.0 Å². The average Bonchev–Trinajstić information content (AvgIpc) is 2.84. The molecule has 21 heavy (non-hydrogen) atoms. The lowest BCUT2D eigenvalue weighted by atomic mass is 10.0. The summed E-state index contributed by atoms with van der Waals surface area (Å²) in [7, 11) is 2.15. The molecule has 0 aliphatic carbocycles. The Bertz CT molecular complexity index is 615. The van der Waals surface area contributed by atoms with Gasteiger partial charge >= 0.3 is 0 Å². The van der Waals surface area contributed by atoms with Gasteiger partial charge in [-0.25, -0.2) is 4.98 Å². The van der Waals surface area contributed by atoms with Gasteiger partial charge in [0.1, 0.15) is 5.82 Å². The van der Waals surface area contributed by atoms with Crippen LogP contribution in [0, 0.1) is 0 Å². The Labute approximate surface area is 126 Å². The predicted octanol–water partition coefficient (Wildman–Crippen LogP) is 3.06. The first kappa shape index (κ1) is 14.3. The lowest BCUT2D eigenvalue weighted by Gasteiger charge is -2.32. The zero-order chi connectivity index (χ0) is 15.0. The number of aromatic nitrogens is 3. The quantitative estimate of drug-likeness (QED) is 0.868. The first-order valence-corrected chi connectivity index (χ1v) is 7.76. The molecular formula is C17H24N4. The molecule has 0 saturated carbocycles. The highest BCUT2D eigenvalue weighted by Gasteiger charge is 2.26. The van der Waals surface area contributed by atoms with Gasteiger partial charge in [0, 0.05) is 56.6 Å². The number of rotatable bonds is 3. The maximum atomic E-state index is 4.88. The number of nitrogens with zero attached hydrogens (tertiary/aromatic N) is 4. The molecule has 2 aromatic heterocycles. The fraction of sp³-hybridized carbons (Fsp3) is 0.529. The zero-order valence-corrected chi connectivity index (χ0v) is 13.4. The van der Waals surface area contributed by atoms with Gasteiger partial charge in [0.05, 0.1) is 5.69 Å². The summed E-state index contributed by atoms with van der Waals surface area (Å²) in [5.74, 6) is 1.68. The van der Waals surface area contributed by atoms with Gasteiger partial charge in [-0.1, -0.05) is 19.9 Å². The van der Waals surface area contributed by atoms with Crippen molar-refractivity contribution in [3.05, 3.63) is 47.3 Å². The maximum absolute atomic E-state index is 4.88. The lowest BCUT2D eigenvalue weighted by Crippen LogP contribution is -2.33. The van der Waals surface area contributed by atoms with Gasteiger partial charge in [-0.05, 0) is 18.6 Å². The molecule has 1 aliphatic rings. The van der Waals surface area contributed by atoms with Crippen molar-refractivity contribution in [3.8, 4) is 0 Å². The van der Waals surface area contributed by atoms with E-state index in [9.17, 15) is 0 Å². The topological polar surface area (TPSA) is 34.0 Å². The van der Waals surface area contributed by atoms with E-state index in [2.05, 4.69) is 48.3 Å². The predicted molar refractivity (Wildman–Crippen MR) is 84.1 cm³/mol. The van der Waals surface area contributed by atoms with Crippen LogP contribution in [0.15, 0.2) is 24.5 Å². The molecule has 0 bridgehead atoms. The second-order valence-corrected chi connectivity index (χ2v) is 6.26. The van der Waals surface area contributed by atoms with Crippen LogP contribution in [-0.2, 0) is 20.0 Å². The van der Waals surface area contributed by atoms with Crippen LogP contribution in [0.4, 0.5) is 0 Å². The highest BCUT2D eigenvalue weighted by molar-refractivity contribution is 5.23. The van der Waals surface area contributed by atoms with Crippen LogP contribution >= 0.6 is 0 Å². The van der Waals surface area contributed by atoms with Crippen LogP contribution in [0.25, 0.3) is 0 Å². The summed E-state index contributed by atoms with van der Waals surface area (Å²) in [6.07, 6.45) is 4.88. The van der Waals surface area contributed by atoms with Crippen molar-refractivity contribution in [1.82, 2.24) is 19.4 Å². The molecule has 1 atom stereocenters. The van der Waals surface area contributed by atoms with Crippen molar-refractivity contribution in [2.45, 2.75) is 45.7 Å². The molecule has 0 amide bonds. The molecule has 4 heteroatoms. The molecule has 3 heterocycles. The van der Waals surface area contributed by atoms with Crippen LogP contribution in [0.3, 0.4) is 0 Å². The third-order valence-electron chi connectivity index (χ3n) is 4.55. The number of pyridine rings is 1. The first-order valence-electron chi connectivity index (χ1n) is 7.76. The van der Waals surface area contributed by atoms with Crippen molar-refractivity contribution in [3.63, 3.8) is 0 Å². The van der Waals surface area contributed by atoms with E-state index in [1.165, 1.54) is 22.8 Å². The lowest BCUT2D eigenvalue weighted by molar-refractivity contribution is 0.188. The van der Waals surface area contributed by atoms with Crippen molar-refractivity contribution >= 4 is 0 Å². The zero-order valence-electron chi connectivity index (χ0n) is 13.4. The van der Waals surface area contributed by atoms with Crippen LogP contribution in [0.2, 0.25) is 0 Å². The van der Waals surface area contributed by atoms with Crippen molar-refractivity contribution in [2.24, 2.45) is 7.05 Å². The smallest absolute Gasteiger partial charge is 0.111 e. The van der Waals surface area contributed by atoms with Crippen LogP contribution in [0.5, 0.6) is 0 Å². The molecule has 0 radical (unpaired) electrons. The standard InChI is InChI=1S/C17H24N4/c1-12(2)17-19-15-11-21(9-7-16(15)20(17)4)13(3)14-6-5-8-18-10-14/h5-6,8,10,12-13H,7,9,11H2,1-4H3.